The summed E-state index contributed by atoms with van der Waals surface area (Å²) in [4.78, 5) is 7.95. The molecule has 1 aromatic heterocycles. The van der Waals surface area contributed by atoms with Gasteiger partial charge in [0, 0.05) is 25.3 Å². The van der Waals surface area contributed by atoms with Crippen molar-refractivity contribution in [1.29, 1.82) is 5.26 Å². The number of nitriles is 1. The highest BCUT2D eigenvalue weighted by molar-refractivity contribution is 5.37. The molecule has 2 heterocycles. The summed E-state index contributed by atoms with van der Waals surface area (Å²) in [5, 5.41) is 15.3. The number of anilines is 1. The maximum atomic E-state index is 8.69. The zero-order valence-corrected chi connectivity index (χ0v) is 8.90. The van der Waals surface area contributed by atoms with Crippen LogP contribution in [-0.2, 0) is 0 Å². The minimum absolute atomic E-state index is 0.226. The van der Waals surface area contributed by atoms with Crippen molar-refractivity contribution in [1.82, 2.24) is 15.3 Å². The maximum Gasteiger partial charge on any atom is 0.234 e. The van der Waals surface area contributed by atoms with Crippen molar-refractivity contribution in [3.8, 4) is 6.07 Å². The van der Waals surface area contributed by atoms with Crippen LogP contribution in [0, 0.1) is 16.7 Å². The van der Waals surface area contributed by atoms with Crippen molar-refractivity contribution in [3.63, 3.8) is 0 Å². The molecule has 2 N–H and O–H groups in total. The Morgan fingerprint density at radius 1 is 1.50 bits per heavy atom. The third-order valence-corrected chi connectivity index (χ3v) is 3.47. The molecule has 1 saturated carbocycles. The summed E-state index contributed by atoms with van der Waals surface area (Å²) in [7, 11) is 0. The van der Waals surface area contributed by atoms with E-state index in [1.54, 1.807) is 6.20 Å². The van der Waals surface area contributed by atoms with E-state index in [2.05, 4.69) is 20.6 Å². The number of nitrogens with zero attached hydrogens (tertiary/aromatic N) is 3. The largest absolute Gasteiger partial charge is 0.367 e. The van der Waals surface area contributed by atoms with Gasteiger partial charge < -0.3 is 10.6 Å². The third-order valence-electron chi connectivity index (χ3n) is 3.47. The van der Waals surface area contributed by atoms with E-state index in [9.17, 15) is 0 Å². The molecule has 0 amide bonds. The van der Waals surface area contributed by atoms with Crippen molar-refractivity contribution >= 4 is 5.82 Å². The van der Waals surface area contributed by atoms with Crippen molar-refractivity contribution in [2.24, 2.45) is 5.41 Å². The van der Waals surface area contributed by atoms with Crippen LogP contribution in [0.25, 0.3) is 0 Å². The molecular formula is C11H13N5. The Kier molecular flexibility index (Phi) is 2.04. The summed E-state index contributed by atoms with van der Waals surface area (Å²) in [6.07, 6.45) is 4.02. The van der Waals surface area contributed by atoms with Crippen LogP contribution in [-0.4, -0.2) is 29.1 Å². The van der Waals surface area contributed by atoms with Crippen LogP contribution in [0.4, 0.5) is 5.82 Å². The second-order valence-corrected chi connectivity index (χ2v) is 4.73. The summed E-state index contributed by atoms with van der Waals surface area (Å²) in [6.45, 7) is 2.30. The van der Waals surface area contributed by atoms with Gasteiger partial charge in [-0.1, -0.05) is 0 Å². The van der Waals surface area contributed by atoms with E-state index in [0.29, 0.717) is 11.5 Å². The van der Waals surface area contributed by atoms with E-state index < -0.39 is 0 Å². The Labute approximate surface area is 93.9 Å². The minimum atomic E-state index is 0.226. The Balaban J connectivity index is 1.61. The molecule has 16 heavy (non-hydrogen) atoms. The molecule has 2 fully saturated rings. The number of hydrogen-bond acceptors (Lipinski definition) is 5. The van der Waals surface area contributed by atoms with Crippen LogP contribution < -0.4 is 10.6 Å². The second kappa shape index (κ2) is 3.42. The first-order valence-electron chi connectivity index (χ1n) is 5.50. The quantitative estimate of drug-likeness (QED) is 0.752. The molecule has 1 aliphatic carbocycles. The molecule has 5 nitrogen and oxygen atoms in total. The first-order valence-corrected chi connectivity index (χ1v) is 5.50. The van der Waals surface area contributed by atoms with Gasteiger partial charge in [-0.25, -0.2) is 9.97 Å². The number of rotatable bonds is 2. The minimum Gasteiger partial charge on any atom is -0.367 e. The predicted octanol–water partition coefficient (Wildman–Crippen LogP) is 0.512. The molecule has 1 spiro atoms. The fraction of sp³-hybridized carbons (Fsp3) is 0.545. The summed E-state index contributed by atoms with van der Waals surface area (Å²) in [5.41, 5.74) is 0.558. The zero-order valence-electron chi connectivity index (χ0n) is 8.90. The Morgan fingerprint density at radius 3 is 2.94 bits per heavy atom. The van der Waals surface area contributed by atoms with Gasteiger partial charge in [0.2, 0.25) is 5.82 Å². The highest BCUT2D eigenvalue weighted by atomic mass is 15.1. The standard InChI is InChI=1S/C11H13N5/c12-5-10-14-2-1-9(16-10)15-8-3-11(4-8)6-13-7-11/h1-2,8,13H,3-4,6-7H2,(H,14,15,16). The normalized spacial score (nSPS) is 21.9. The van der Waals surface area contributed by atoms with Crippen LogP contribution in [0.5, 0.6) is 0 Å². The van der Waals surface area contributed by atoms with Crippen molar-refractivity contribution in [2.45, 2.75) is 18.9 Å². The van der Waals surface area contributed by atoms with Gasteiger partial charge in [-0.3, -0.25) is 0 Å². The van der Waals surface area contributed by atoms with Crippen LogP contribution in [0.1, 0.15) is 18.7 Å². The average molecular weight is 215 g/mol. The topological polar surface area (TPSA) is 73.6 Å². The van der Waals surface area contributed by atoms with E-state index in [4.69, 9.17) is 5.26 Å². The van der Waals surface area contributed by atoms with Crippen LogP contribution in [0.3, 0.4) is 0 Å². The van der Waals surface area contributed by atoms with Gasteiger partial charge in [0.05, 0.1) is 0 Å². The van der Waals surface area contributed by atoms with Gasteiger partial charge in [0.25, 0.3) is 0 Å². The van der Waals surface area contributed by atoms with E-state index in [0.717, 1.165) is 18.9 Å². The van der Waals surface area contributed by atoms with Crippen LogP contribution in [0.15, 0.2) is 12.3 Å². The lowest BCUT2D eigenvalue weighted by Crippen LogP contribution is -2.63. The average Bonchev–Trinajstić information content (AvgIpc) is 2.20. The molecule has 2 aliphatic rings. The fourth-order valence-electron chi connectivity index (χ4n) is 2.56. The Hall–Kier alpha value is -1.67. The molecule has 0 radical (unpaired) electrons. The molecule has 1 aliphatic heterocycles. The Morgan fingerprint density at radius 2 is 2.31 bits per heavy atom. The van der Waals surface area contributed by atoms with E-state index in [1.807, 2.05) is 12.1 Å². The fourth-order valence-corrected chi connectivity index (χ4v) is 2.56. The first-order chi connectivity index (χ1) is 7.80. The molecule has 0 bridgehead atoms. The SMILES string of the molecule is N#Cc1nccc(NC2CC3(CNC3)C2)n1. The van der Waals surface area contributed by atoms with Crippen molar-refractivity contribution in [3.05, 3.63) is 18.1 Å². The maximum absolute atomic E-state index is 8.69. The lowest BCUT2D eigenvalue weighted by molar-refractivity contribution is 0.0469. The first kappa shape index (κ1) is 9.55. The van der Waals surface area contributed by atoms with E-state index >= 15 is 0 Å². The number of nitrogens with one attached hydrogen (secondary N) is 2. The summed E-state index contributed by atoms with van der Waals surface area (Å²) < 4.78 is 0. The van der Waals surface area contributed by atoms with E-state index in [1.165, 1.54) is 12.8 Å². The predicted molar refractivity (Wildman–Crippen MR) is 58.7 cm³/mol. The van der Waals surface area contributed by atoms with Crippen molar-refractivity contribution < 1.29 is 0 Å². The highest BCUT2D eigenvalue weighted by Crippen LogP contribution is 2.45. The monoisotopic (exact) mass is 215 g/mol. The summed E-state index contributed by atoms with van der Waals surface area (Å²) in [6, 6.07) is 4.26. The van der Waals surface area contributed by atoms with Gasteiger partial charge >= 0.3 is 0 Å². The molecule has 0 aromatic carbocycles. The van der Waals surface area contributed by atoms with Gasteiger partial charge in [-0.15, -0.1) is 0 Å². The number of hydrogen-bond donors (Lipinski definition) is 2. The molecule has 5 heteroatoms. The molecule has 3 rings (SSSR count). The van der Waals surface area contributed by atoms with Crippen LogP contribution in [0.2, 0.25) is 0 Å². The number of aromatic nitrogens is 2. The smallest absolute Gasteiger partial charge is 0.234 e. The molecule has 1 saturated heterocycles. The lowest BCUT2D eigenvalue weighted by Gasteiger charge is -2.54. The van der Waals surface area contributed by atoms with Crippen molar-refractivity contribution in [2.75, 3.05) is 18.4 Å². The van der Waals surface area contributed by atoms with E-state index in [-0.39, 0.29) is 5.82 Å². The second-order valence-electron chi connectivity index (χ2n) is 4.73. The van der Waals surface area contributed by atoms with Gasteiger partial charge in [0.1, 0.15) is 11.9 Å². The molecule has 0 unspecified atom stereocenters. The zero-order chi connectivity index (χ0) is 11.0. The van der Waals surface area contributed by atoms with Gasteiger partial charge in [0.15, 0.2) is 0 Å². The lowest BCUT2D eigenvalue weighted by atomic mass is 9.62. The molecule has 0 atom stereocenters. The molecule has 1 aromatic rings. The molecular weight excluding hydrogens is 202 g/mol. The Bertz CT molecular complexity index is 438. The van der Waals surface area contributed by atoms with Gasteiger partial charge in [-0.2, -0.15) is 5.26 Å². The highest BCUT2D eigenvalue weighted by Gasteiger charge is 2.48. The summed E-state index contributed by atoms with van der Waals surface area (Å²) in [5.74, 6) is 0.989. The third kappa shape index (κ3) is 1.51. The molecule has 82 valence electrons. The van der Waals surface area contributed by atoms with Crippen LogP contribution >= 0.6 is 0 Å². The van der Waals surface area contributed by atoms with Gasteiger partial charge in [-0.05, 0) is 24.3 Å². The summed E-state index contributed by atoms with van der Waals surface area (Å²) >= 11 is 0.